The largest absolute Gasteiger partial charge is 0.480 e. The fourth-order valence-corrected chi connectivity index (χ4v) is 2.89. The van der Waals surface area contributed by atoms with Crippen LogP contribution < -0.4 is 5.32 Å². The van der Waals surface area contributed by atoms with E-state index < -0.39 is 17.4 Å². The van der Waals surface area contributed by atoms with Gasteiger partial charge in [0.15, 0.2) is 0 Å². The molecule has 3 N–H and O–H groups in total. The van der Waals surface area contributed by atoms with Crippen LogP contribution in [0, 0.1) is 0 Å². The summed E-state index contributed by atoms with van der Waals surface area (Å²) in [5.74, 6) is -1.57. The van der Waals surface area contributed by atoms with Crippen molar-refractivity contribution in [1.82, 2.24) is 15.5 Å². The molecule has 6 nitrogen and oxygen atoms in total. The van der Waals surface area contributed by atoms with E-state index >= 15 is 0 Å². The van der Waals surface area contributed by atoms with Gasteiger partial charge >= 0.3 is 5.97 Å². The van der Waals surface area contributed by atoms with E-state index in [2.05, 4.69) is 31.4 Å². The SMILES string of the molecule is CCCC(C)(NC(=O)c1[nH]nc(-c2ccccc2)c1Br)C(=O)O. The van der Waals surface area contributed by atoms with E-state index in [1.165, 1.54) is 6.92 Å². The summed E-state index contributed by atoms with van der Waals surface area (Å²) < 4.78 is 0.505. The Morgan fingerprint density at radius 2 is 2.00 bits per heavy atom. The van der Waals surface area contributed by atoms with Crippen molar-refractivity contribution in [2.24, 2.45) is 0 Å². The molecule has 23 heavy (non-hydrogen) atoms. The molecule has 0 fully saturated rings. The van der Waals surface area contributed by atoms with E-state index in [-0.39, 0.29) is 5.69 Å². The Morgan fingerprint density at radius 3 is 2.57 bits per heavy atom. The van der Waals surface area contributed by atoms with Crippen molar-refractivity contribution in [2.75, 3.05) is 0 Å². The van der Waals surface area contributed by atoms with Crippen molar-refractivity contribution >= 4 is 27.8 Å². The number of H-pyrrole nitrogens is 1. The summed E-state index contributed by atoms with van der Waals surface area (Å²) in [4.78, 5) is 23.9. The second-order valence-electron chi connectivity index (χ2n) is 5.47. The summed E-state index contributed by atoms with van der Waals surface area (Å²) >= 11 is 3.37. The molecule has 122 valence electrons. The number of nitrogens with one attached hydrogen (secondary N) is 2. The van der Waals surface area contributed by atoms with Crippen LogP contribution >= 0.6 is 15.9 Å². The fraction of sp³-hybridized carbons (Fsp3) is 0.312. The van der Waals surface area contributed by atoms with E-state index in [1.807, 2.05) is 37.3 Å². The molecular weight excluding hydrogens is 362 g/mol. The molecule has 0 aliphatic heterocycles. The molecule has 0 radical (unpaired) electrons. The lowest BCUT2D eigenvalue weighted by Gasteiger charge is -2.25. The van der Waals surface area contributed by atoms with Gasteiger partial charge in [-0.1, -0.05) is 43.7 Å². The van der Waals surface area contributed by atoms with Gasteiger partial charge in [0.05, 0.1) is 4.47 Å². The average molecular weight is 380 g/mol. The van der Waals surface area contributed by atoms with E-state index in [0.29, 0.717) is 23.0 Å². The third-order valence-electron chi connectivity index (χ3n) is 3.59. The molecule has 1 heterocycles. The minimum Gasteiger partial charge on any atom is -0.480 e. The highest BCUT2D eigenvalue weighted by molar-refractivity contribution is 9.10. The molecule has 1 aromatic carbocycles. The summed E-state index contributed by atoms with van der Waals surface area (Å²) in [6, 6.07) is 9.39. The first kappa shape index (κ1) is 17.2. The number of aromatic amines is 1. The Kier molecular flexibility index (Phi) is 5.20. The highest BCUT2D eigenvalue weighted by atomic mass is 79.9. The number of amides is 1. The summed E-state index contributed by atoms with van der Waals surface area (Å²) in [7, 11) is 0. The number of hydrogen-bond acceptors (Lipinski definition) is 3. The first-order chi connectivity index (χ1) is 10.9. The third kappa shape index (κ3) is 3.61. The zero-order chi connectivity index (χ0) is 17.0. The average Bonchev–Trinajstić information content (AvgIpc) is 2.90. The van der Waals surface area contributed by atoms with E-state index in [1.54, 1.807) is 0 Å². The number of carbonyl (C=O) groups is 2. The molecule has 1 amide bonds. The summed E-state index contributed by atoms with van der Waals surface area (Å²) in [6.45, 7) is 3.37. The lowest BCUT2D eigenvalue weighted by atomic mass is 9.96. The number of rotatable bonds is 6. The van der Waals surface area contributed by atoms with Crippen molar-refractivity contribution in [1.29, 1.82) is 0 Å². The Labute approximate surface area is 142 Å². The normalized spacial score (nSPS) is 13.3. The number of carboxylic acids is 1. The highest BCUT2D eigenvalue weighted by Crippen LogP contribution is 2.29. The van der Waals surface area contributed by atoms with Gasteiger partial charge in [-0.25, -0.2) is 4.79 Å². The summed E-state index contributed by atoms with van der Waals surface area (Å²) in [5.41, 5.74) is 0.337. The quantitative estimate of drug-likeness (QED) is 0.717. The summed E-state index contributed by atoms with van der Waals surface area (Å²) in [5, 5.41) is 18.8. The highest BCUT2D eigenvalue weighted by Gasteiger charge is 2.35. The number of halogens is 1. The number of aliphatic carboxylic acids is 1. The Hall–Kier alpha value is -2.15. The monoisotopic (exact) mass is 379 g/mol. The van der Waals surface area contributed by atoms with Crippen LogP contribution in [0.15, 0.2) is 34.8 Å². The van der Waals surface area contributed by atoms with Gasteiger partial charge in [-0.3, -0.25) is 9.89 Å². The first-order valence-electron chi connectivity index (χ1n) is 7.24. The standard InChI is InChI=1S/C16H18BrN3O3/c1-3-9-16(2,15(22)23)18-14(21)13-11(17)12(19-20-13)10-7-5-4-6-8-10/h4-8H,3,9H2,1-2H3,(H,18,21)(H,19,20)(H,22,23). The number of benzene rings is 1. The van der Waals surface area contributed by atoms with Crippen molar-refractivity contribution in [3.63, 3.8) is 0 Å². The number of nitrogens with zero attached hydrogens (tertiary/aromatic N) is 1. The zero-order valence-corrected chi connectivity index (χ0v) is 14.5. The smallest absolute Gasteiger partial charge is 0.329 e. The first-order valence-corrected chi connectivity index (χ1v) is 8.03. The van der Waals surface area contributed by atoms with E-state index in [4.69, 9.17) is 0 Å². The number of aromatic nitrogens is 2. The van der Waals surface area contributed by atoms with Gasteiger partial charge in [-0.2, -0.15) is 5.10 Å². The van der Waals surface area contributed by atoms with Gasteiger partial charge in [0.25, 0.3) is 5.91 Å². The molecule has 0 saturated heterocycles. The van der Waals surface area contributed by atoms with Crippen LogP contribution in [0.2, 0.25) is 0 Å². The number of carbonyl (C=O) groups excluding carboxylic acids is 1. The van der Waals surface area contributed by atoms with Crippen molar-refractivity contribution in [2.45, 2.75) is 32.2 Å². The topological polar surface area (TPSA) is 95.1 Å². The maximum Gasteiger partial charge on any atom is 0.329 e. The van der Waals surface area contributed by atoms with Crippen molar-refractivity contribution < 1.29 is 14.7 Å². The number of hydrogen-bond donors (Lipinski definition) is 3. The third-order valence-corrected chi connectivity index (χ3v) is 4.36. The fourth-order valence-electron chi connectivity index (χ4n) is 2.30. The van der Waals surface area contributed by atoms with Crippen LogP contribution in [-0.2, 0) is 4.79 Å². The van der Waals surface area contributed by atoms with Crippen molar-refractivity contribution in [3.8, 4) is 11.3 Å². The van der Waals surface area contributed by atoms with Gasteiger partial charge in [0.1, 0.15) is 16.9 Å². The van der Waals surface area contributed by atoms with Crippen LogP contribution in [0.3, 0.4) is 0 Å². The maximum absolute atomic E-state index is 12.4. The lowest BCUT2D eigenvalue weighted by molar-refractivity contribution is -0.144. The van der Waals surface area contributed by atoms with Crippen molar-refractivity contribution in [3.05, 3.63) is 40.5 Å². The van der Waals surface area contributed by atoms with Crippen LogP contribution in [0.25, 0.3) is 11.3 Å². The van der Waals surface area contributed by atoms with E-state index in [9.17, 15) is 14.7 Å². The van der Waals surface area contributed by atoms with Gasteiger partial charge < -0.3 is 10.4 Å². The molecule has 2 rings (SSSR count). The Morgan fingerprint density at radius 1 is 1.35 bits per heavy atom. The van der Waals surface area contributed by atoms with Gasteiger partial charge in [0, 0.05) is 5.56 Å². The Bertz CT molecular complexity index is 715. The minimum absolute atomic E-state index is 0.201. The molecule has 1 unspecified atom stereocenters. The van der Waals surface area contributed by atoms with Crippen LogP contribution in [0.4, 0.5) is 0 Å². The maximum atomic E-state index is 12.4. The molecule has 0 aliphatic rings. The Balaban J connectivity index is 2.28. The molecule has 0 aliphatic carbocycles. The lowest BCUT2D eigenvalue weighted by Crippen LogP contribution is -2.52. The van der Waals surface area contributed by atoms with Crippen LogP contribution in [-0.4, -0.2) is 32.7 Å². The van der Waals surface area contributed by atoms with Crippen LogP contribution in [0.5, 0.6) is 0 Å². The molecule has 7 heteroatoms. The summed E-state index contributed by atoms with van der Waals surface area (Å²) in [6.07, 6.45) is 0.980. The number of carboxylic acid groups (broad SMARTS) is 1. The molecule has 0 saturated carbocycles. The molecule has 1 aromatic heterocycles. The molecular formula is C16H18BrN3O3. The zero-order valence-electron chi connectivity index (χ0n) is 12.9. The molecule has 0 spiro atoms. The molecule has 0 bridgehead atoms. The van der Waals surface area contributed by atoms with Crippen LogP contribution in [0.1, 0.15) is 37.2 Å². The molecule has 1 atom stereocenters. The second-order valence-corrected chi connectivity index (χ2v) is 6.26. The minimum atomic E-state index is -1.32. The van der Waals surface area contributed by atoms with Gasteiger partial charge in [-0.05, 0) is 29.3 Å². The molecule has 2 aromatic rings. The van der Waals surface area contributed by atoms with E-state index in [0.717, 1.165) is 5.56 Å². The van der Waals surface area contributed by atoms with Gasteiger partial charge in [-0.15, -0.1) is 0 Å². The predicted molar refractivity (Wildman–Crippen MR) is 90.1 cm³/mol. The van der Waals surface area contributed by atoms with Gasteiger partial charge in [0.2, 0.25) is 0 Å². The second kappa shape index (κ2) is 6.95. The predicted octanol–water partition coefficient (Wildman–Crippen LogP) is 3.21.